The molecule has 0 aromatic heterocycles. The molecule has 0 amide bonds. The van der Waals surface area contributed by atoms with E-state index in [1.807, 2.05) is 25.9 Å². The second-order valence-electron chi connectivity index (χ2n) is 4.70. The van der Waals surface area contributed by atoms with E-state index in [0.717, 1.165) is 12.8 Å². The second-order valence-corrected chi connectivity index (χ2v) is 5.14. The highest BCUT2D eigenvalue weighted by atomic mass is 35.5. The predicted octanol–water partition coefficient (Wildman–Crippen LogP) is 3.21. The average molecular weight is 259 g/mol. The van der Waals surface area contributed by atoms with Crippen LogP contribution in [0.2, 0.25) is 5.02 Å². The Morgan fingerprint density at radius 1 is 1.35 bits per heavy atom. The van der Waals surface area contributed by atoms with E-state index >= 15 is 0 Å². The third-order valence-corrected chi connectivity index (χ3v) is 3.07. The van der Waals surface area contributed by atoms with E-state index in [2.05, 4.69) is 0 Å². The Morgan fingerprint density at radius 3 is 2.53 bits per heavy atom. The van der Waals surface area contributed by atoms with Gasteiger partial charge >= 0.3 is 0 Å². The molecule has 2 nitrogen and oxygen atoms in total. The molecule has 96 valence electrons. The molecular weight excluding hydrogens is 239 g/mol. The third-order valence-electron chi connectivity index (χ3n) is 2.84. The van der Waals surface area contributed by atoms with Gasteiger partial charge in [-0.1, -0.05) is 11.6 Å². The largest absolute Gasteiger partial charge is 0.328 e. The highest BCUT2D eigenvalue weighted by Crippen LogP contribution is 2.28. The molecule has 4 heteroatoms. The first-order chi connectivity index (χ1) is 7.91. The van der Waals surface area contributed by atoms with Gasteiger partial charge in [-0.25, -0.2) is 4.39 Å². The van der Waals surface area contributed by atoms with Crippen LogP contribution in [0.15, 0.2) is 18.2 Å². The summed E-state index contributed by atoms with van der Waals surface area (Å²) in [6.45, 7) is 1.96. The van der Waals surface area contributed by atoms with Gasteiger partial charge in [0.25, 0.3) is 0 Å². The maximum Gasteiger partial charge on any atom is 0.128 e. The van der Waals surface area contributed by atoms with Crippen LogP contribution in [0.3, 0.4) is 0 Å². The SMILES string of the molecule is CC(N)CCC(c1cc(Cl)ccc1F)N(C)C. The minimum atomic E-state index is -0.210. The normalized spacial score (nSPS) is 15.0. The minimum Gasteiger partial charge on any atom is -0.328 e. The van der Waals surface area contributed by atoms with Gasteiger partial charge in [-0.3, -0.25) is 0 Å². The number of nitrogens with zero attached hydrogens (tertiary/aromatic N) is 1. The molecule has 0 saturated heterocycles. The van der Waals surface area contributed by atoms with E-state index in [4.69, 9.17) is 17.3 Å². The zero-order valence-electron chi connectivity index (χ0n) is 10.6. The van der Waals surface area contributed by atoms with Gasteiger partial charge in [-0.2, -0.15) is 0 Å². The fourth-order valence-electron chi connectivity index (χ4n) is 1.88. The molecule has 17 heavy (non-hydrogen) atoms. The summed E-state index contributed by atoms with van der Waals surface area (Å²) in [4.78, 5) is 2.00. The van der Waals surface area contributed by atoms with Crippen molar-refractivity contribution >= 4 is 11.6 Å². The van der Waals surface area contributed by atoms with Crippen LogP contribution in [0.1, 0.15) is 31.4 Å². The smallest absolute Gasteiger partial charge is 0.128 e. The van der Waals surface area contributed by atoms with Crippen molar-refractivity contribution in [3.8, 4) is 0 Å². The Labute approximate surface area is 108 Å². The molecule has 0 spiro atoms. The average Bonchev–Trinajstić information content (AvgIpc) is 2.22. The fourth-order valence-corrected chi connectivity index (χ4v) is 2.06. The van der Waals surface area contributed by atoms with Crippen LogP contribution in [0.5, 0.6) is 0 Å². The molecule has 1 rings (SSSR count). The molecule has 0 saturated carbocycles. The number of benzene rings is 1. The molecule has 2 unspecified atom stereocenters. The summed E-state index contributed by atoms with van der Waals surface area (Å²) in [6.07, 6.45) is 1.68. The van der Waals surface area contributed by atoms with Crippen molar-refractivity contribution < 1.29 is 4.39 Å². The number of hydrogen-bond acceptors (Lipinski definition) is 2. The topological polar surface area (TPSA) is 29.3 Å². The first-order valence-electron chi connectivity index (χ1n) is 5.78. The Balaban J connectivity index is 2.92. The maximum atomic E-state index is 13.8. The van der Waals surface area contributed by atoms with Crippen LogP contribution in [-0.4, -0.2) is 25.0 Å². The molecule has 0 bridgehead atoms. The number of halogens is 2. The number of hydrogen-bond donors (Lipinski definition) is 1. The van der Waals surface area contributed by atoms with Gasteiger partial charge in [-0.15, -0.1) is 0 Å². The van der Waals surface area contributed by atoms with Crippen molar-refractivity contribution in [1.82, 2.24) is 4.90 Å². The zero-order chi connectivity index (χ0) is 13.0. The standard InChI is InChI=1S/C13H20ClFN2/c1-9(16)4-7-13(17(2)3)11-8-10(14)5-6-12(11)15/h5-6,8-9,13H,4,7,16H2,1-3H3. The lowest BCUT2D eigenvalue weighted by molar-refractivity contribution is 0.268. The third kappa shape index (κ3) is 4.26. The van der Waals surface area contributed by atoms with Crippen molar-refractivity contribution in [2.24, 2.45) is 5.73 Å². The molecule has 1 aromatic carbocycles. The van der Waals surface area contributed by atoms with E-state index in [0.29, 0.717) is 10.6 Å². The van der Waals surface area contributed by atoms with Crippen molar-refractivity contribution in [2.75, 3.05) is 14.1 Å². The Morgan fingerprint density at radius 2 is 2.00 bits per heavy atom. The number of nitrogens with two attached hydrogens (primary N) is 1. The molecule has 0 aliphatic heterocycles. The highest BCUT2D eigenvalue weighted by Gasteiger charge is 2.18. The maximum absolute atomic E-state index is 13.8. The Hall–Kier alpha value is -0.640. The molecule has 2 N–H and O–H groups in total. The van der Waals surface area contributed by atoms with Gasteiger partial charge in [0.1, 0.15) is 5.82 Å². The molecule has 0 aliphatic rings. The summed E-state index contributed by atoms with van der Waals surface area (Å²) in [7, 11) is 3.87. The van der Waals surface area contributed by atoms with Crippen molar-refractivity contribution in [2.45, 2.75) is 31.8 Å². The van der Waals surface area contributed by atoms with E-state index in [9.17, 15) is 4.39 Å². The summed E-state index contributed by atoms with van der Waals surface area (Å²) in [5.74, 6) is -0.210. The van der Waals surface area contributed by atoms with E-state index in [-0.39, 0.29) is 17.9 Å². The Bertz CT molecular complexity index is 366. The first-order valence-corrected chi connectivity index (χ1v) is 6.16. The molecule has 2 atom stereocenters. The van der Waals surface area contributed by atoms with E-state index in [1.54, 1.807) is 12.1 Å². The van der Waals surface area contributed by atoms with Gasteiger partial charge in [0, 0.05) is 22.7 Å². The van der Waals surface area contributed by atoms with Gasteiger partial charge < -0.3 is 10.6 Å². The monoisotopic (exact) mass is 258 g/mol. The zero-order valence-corrected chi connectivity index (χ0v) is 11.3. The lowest BCUT2D eigenvalue weighted by atomic mass is 9.98. The lowest BCUT2D eigenvalue weighted by Gasteiger charge is -2.26. The highest BCUT2D eigenvalue weighted by molar-refractivity contribution is 6.30. The minimum absolute atomic E-state index is 0.0136. The van der Waals surface area contributed by atoms with Crippen molar-refractivity contribution in [3.63, 3.8) is 0 Å². The van der Waals surface area contributed by atoms with Gasteiger partial charge in [0.05, 0.1) is 0 Å². The van der Waals surface area contributed by atoms with Crippen molar-refractivity contribution in [1.29, 1.82) is 0 Å². The molecule has 0 aliphatic carbocycles. The van der Waals surface area contributed by atoms with Gasteiger partial charge in [0.2, 0.25) is 0 Å². The van der Waals surface area contributed by atoms with Crippen LogP contribution >= 0.6 is 11.6 Å². The summed E-state index contributed by atoms with van der Waals surface area (Å²) < 4.78 is 13.8. The molecule has 1 aromatic rings. The molecular formula is C13H20ClFN2. The van der Waals surface area contributed by atoms with Crippen LogP contribution in [0.25, 0.3) is 0 Å². The summed E-state index contributed by atoms with van der Waals surface area (Å²) in [5, 5.41) is 0.564. The van der Waals surface area contributed by atoms with E-state index in [1.165, 1.54) is 6.07 Å². The first kappa shape index (κ1) is 14.4. The van der Waals surface area contributed by atoms with Crippen LogP contribution in [-0.2, 0) is 0 Å². The molecule has 0 heterocycles. The van der Waals surface area contributed by atoms with Crippen LogP contribution < -0.4 is 5.73 Å². The molecule has 0 fully saturated rings. The van der Waals surface area contributed by atoms with Crippen molar-refractivity contribution in [3.05, 3.63) is 34.6 Å². The second kappa shape index (κ2) is 6.34. The fraction of sp³-hybridized carbons (Fsp3) is 0.538. The van der Waals surface area contributed by atoms with Crippen LogP contribution in [0.4, 0.5) is 4.39 Å². The summed E-state index contributed by atoms with van der Waals surface area (Å²) >= 11 is 5.92. The van der Waals surface area contributed by atoms with Crippen LogP contribution in [0, 0.1) is 5.82 Å². The van der Waals surface area contributed by atoms with Gasteiger partial charge in [0.15, 0.2) is 0 Å². The molecule has 0 radical (unpaired) electrons. The Kier molecular flexibility index (Phi) is 5.37. The number of rotatable bonds is 5. The summed E-state index contributed by atoms with van der Waals surface area (Å²) in [5.41, 5.74) is 6.39. The van der Waals surface area contributed by atoms with E-state index < -0.39 is 0 Å². The van der Waals surface area contributed by atoms with Gasteiger partial charge in [-0.05, 0) is 52.1 Å². The summed E-state index contributed by atoms with van der Waals surface area (Å²) in [6, 6.07) is 4.82. The quantitative estimate of drug-likeness (QED) is 0.879. The lowest BCUT2D eigenvalue weighted by Crippen LogP contribution is -2.24. The predicted molar refractivity (Wildman–Crippen MR) is 70.7 cm³/mol.